The molecule has 1 aliphatic heterocycles. The van der Waals surface area contributed by atoms with E-state index in [-0.39, 0.29) is 5.41 Å². The Hall–Kier alpha value is -0.870. The summed E-state index contributed by atoms with van der Waals surface area (Å²) in [5.41, 5.74) is 0.287. The van der Waals surface area contributed by atoms with Gasteiger partial charge in [0.25, 0.3) is 0 Å². The molecule has 0 bridgehead atoms. The van der Waals surface area contributed by atoms with Gasteiger partial charge in [0.2, 0.25) is 0 Å². The van der Waals surface area contributed by atoms with E-state index in [1.165, 1.54) is 6.33 Å². The molecule has 0 spiro atoms. The van der Waals surface area contributed by atoms with E-state index in [0.717, 1.165) is 38.4 Å². The Bertz CT molecular complexity index is 353. The molecule has 0 radical (unpaired) electrons. The van der Waals surface area contributed by atoms with Crippen LogP contribution in [0.4, 0.5) is 5.82 Å². The van der Waals surface area contributed by atoms with Crippen LogP contribution in [0.15, 0.2) is 12.4 Å². The molecule has 0 saturated carbocycles. The van der Waals surface area contributed by atoms with Crippen LogP contribution in [0.3, 0.4) is 0 Å². The first kappa shape index (κ1) is 11.6. The zero-order valence-electron chi connectivity index (χ0n) is 9.37. The Morgan fingerprint density at radius 1 is 1.44 bits per heavy atom. The molecule has 1 fully saturated rings. The molecule has 4 nitrogen and oxygen atoms in total. The van der Waals surface area contributed by atoms with Crippen molar-refractivity contribution in [1.29, 1.82) is 0 Å². The van der Waals surface area contributed by atoms with Crippen molar-refractivity contribution in [1.82, 2.24) is 9.97 Å². The van der Waals surface area contributed by atoms with Gasteiger partial charge in [-0.25, -0.2) is 9.97 Å². The lowest BCUT2D eigenvalue weighted by Crippen LogP contribution is -2.33. The van der Waals surface area contributed by atoms with E-state index in [2.05, 4.69) is 22.2 Å². The van der Waals surface area contributed by atoms with Gasteiger partial charge >= 0.3 is 0 Å². The monoisotopic (exact) mass is 241 g/mol. The van der Waals surface area contributed by atoms with Gasteiger partial charge in [-0.2, -0.15) is 0 Å². The second-order valence-electron chi connectivity index (χ2n) is 4.50. The number of ether oxygens (including phenoxy) is 1. The highest BCUT2D eigenvalue weighted by molar-refractivity contribution is 6.29. The maximum atomic E-state index is 5.79. The van der Waals surface area contributed by atoms with Crippen LogP contribution in [0.1, 0.15) is 19.8 Å². The summed E-state index contributed by atoms with van der Waals surface area (Å²) >= 11 is 5.79. The molecule has 2 rings (SSSR count). The van der Waals surface area contributed by atoms with Crippen molar-refractivity contribution in [3.8, 4) is 0 Å². The molecule has 1 aliphatic rings. The van der Waals surface area contributed by atoms with E-state index in [9.17, 15) is 0 Å². The third-order valence-corrected chi connectivity index (χ3v) is 3.24. The third kappa shape index (κ3) is 3.06. The van der Waals surface area contributed by atoms with E-state index >= 15 is 0 Å². The Morgan fingerprint density at radius 3 is 2.88 bits per heavy atom. The molecule has 0 aromatic carbocycles. The number of nitrogens with one attached hydrogen (secondary N) is 1. The highest BCUT2D eigenvalue weighted by atomic mass is 35.5. The van der Waals surface area contributed by atoms with Crippen molar-refractivity contribution in [3.05, 3.63) is 17.5 Å². The Morgan fingerprint density at radius 2 is 2.19 bits per heavy atom. The van der Waals surface area contributed by atoms with Crippen LogP contribution >= 0.6 is 11.6 Å². The van der Waals surface area contributed by atoms with E-state index in [1.54, 1.807) is 6.07 Å². The largest absolute Gasteiger partial charge is 0.381 e. The molecule has 1 aromatic heterocycles. The van der Waals surface area contributed by atoms with E-state index < -0.39 is 0 Å². The van der Waals surface area contributed by atoms with Crippen molar-refractivity contribution in [3.63, 3.8) is 0 Å². The minimum atomic E-state index is 0.287. The van der Waals surface area contributed by atoms with Crippen molar-refractivity contribution in [2.75, 3.05) is 25.1 Å². The summed E-state index contributed by atoms with van der Waals surface area (Å²) in [5, 5.41) is 3.77. The molecule has 1 N–H and O–H groups in total. The summed E-state index contributed by atoms with van der Waals surface area (Å²) in [5.74, 6) is 0.785. The molecular formula is C11H16ClN3O. The fourth-order valence-electron chi connectivity index (χ4n) is 1.78. The lowest BCUT2D eigenvalue weighted by Gasteiger charge is -2.33. The van der Waals surface area contributed by atoms with Gasteiger partial charge < -0.3 is 10.1 Å². The van der Waals surface area contributed by atoms with Gasteiger partial charge in [0.1, 0.15) is 17.3 Å². The first-order chi connectivity index (χ1) is 7.68. The number of aromatic nitrogens is 2. The fourth-order valence-corrected chi connectivity index (χ4v) is 1.92. The summed E-state index contributed by atoms with van der Waals surface area (Å²) in [6.45, 7) is 4.86. The number of rotatable bonds is 3. The SMILES string of the molecule is CC1(CNc2cc(Cl)ncn2)CCOCC1. The summed E-state index contributed by atoms with van der Waals surface area (Å²) in [6, 6.07) is 1.74. The maximum Gasteiger partial charge on any atom is 0.134 e. The molecule has 0 unspecified atom stereocenters. The molecular weight excluding hydrogens is 226 g/mol. The topological polar surface area (TPSA) is 47.0 Å². The summed E-state index contributed by atoms with van der Waals surface area (Å²) in [7, 11) is 0. The van der Waals surface area contributed by atoms with Crippen LogP contribution in [-0.4, -0.2) is 29.7 Å². The maximum absolute atomic E-state index is 5.79. The normalized spacial score (nSPS) is 19.4. The molecule has 1 aromatic rings. The summed E-state index contributed by atoms with van der Waals surface area (Å²) in [6.07, 6.45) is 3.63. The van der Waals surface area contributed by atoms with Crippen LogP contribution in [0.25, 0.3) is 0 Å². The Labute approximate surface area is 100 Å². The minimum absolute atomic E-state index is 0.287. The Kier molecular flexibility index (Phi) is 3.61. The second kappa shape index (κ2) is 4.97. The van der Waals surface area contributed by atoms with Crippen molar-refractivity contribution >= 4 is 17.4 Å². The van der Waals surface area contributed by atoms with Gasteiger partial charge in [0.05, 0.1) is 0 Å². The Balaban J connectivity index is 1.91. The number of anilines is 1. The highest BCUT2D eigenvalue weighted by Gasteiger charge is 2.27. The minimum Gasteiger partial charge on any atom is -0.381 e. The third-order valence-electron chi connectivity index (χ3n) is 3.03. The molecule has 5 heteroatoms. The van der Waals surface area contributed by atoms with Crippen LogP contribution in [0.2, 0.25) is 5.15 Å². The first-order valence-electron chi connectivity index (χ1n) is 5.47. The number of hydrogen-bond donors (Lipinski definition) is 1. The first-order valence-corrected chi connectivity index (χ1v) is 5.85. The smallest absolute Gasteiger partial charge is 0.134 e. The van der Waals surface area contributed by atoms with E-state index in [0.29, 0.717) is 5.15 Å². The lowest BCUT2D eigenvalue weighted by atomic mass is 9.82. The molecule has 16 heavy (non-hydrogen) atoms. The number of hydrogen-bond acceptors (Lipinski definition) is 4. The standard InChI is InChI=1S/C11H16ClN3O/c1-11(2-4-16-5-3-11)7-13-10-6-9(12)14-8-15-10/h6,8H,2-5,7H2,1H3,(H,13,14,15). The van der Waals surface area contributed by atoms with Crippen molar-refractivity contribution in [2.24, 2.45) is 5.41 Å². The number of halogens is 1. The van der Waals surface area contributed by atoms with Gasteiger partial charge in [0.15, 0.2) is 0 Å². The van der Waals surface area contributed by atoms with E-state index in [1.807, 2.05) is 0 Å². The highest BCUT2D eigenvalue weighted by Crippen LogP contribution is 2.29. The van der Waals surface area contributed by atoms with Gasteiger partial charge in [-0.3, -0.25) is 0 Å². The summed E-state index contributed by atoms with van der Waals surface area (Å²) in [4.78, 5) is 7.96. The zero-order valence-corrected chi connectivity index (χ0v) is 10.1. The van der Waals surface area contributed by atoms with Crippen LogP contribution in [-0.2, 0) is 4.74 Å². The summed E-state index contributed by atoms with van der Waals surface area (Å²) < 4.78 is 5.36. The van der Waals surface area contributed by atoms with Crippen LogP contribution in [0.5, 0.6) is 0 Å². The van der Waals surface area contributed by atoms with Crippen molar-refractivity contribution < 1.29 is 4.74 Å². The fraction of sp³-hybridized carbons (Fsp3) is 0.636. The molecule has 0 amide bonds. The molecule has 1 saturated heterocycles. The quantitative estimate of drug-likeness (QED) is 0.826. The number of nitrogens with zero attached hydrogens (tertiary/aromatic N) is 2. The molecule has 2 heterocycles. The van der Waals surface area contributed by atoms with Crippen LogP contribution < -0.4 is 5.32 Å². The zero-order chi connectivity index (χ0) is 11.4. The average Bonchev–Trinajstić information content (AvgIpc) is 2.28. The predicted octanol–water partition coefficient (Wildman–Crippen LogP) is 2.36. The van der Waals surface area contributed by atoms with Gasteiger partial charge in [-0.05, 0) is 18.3 Å². The van der Waals surface area contributed by atoms with Gasteiger partial charge in [-0.15, -0.1) is 0 Å². The lowest BCUT2D eigenvalue weighted by molar-refractivity contribution is 0.0300. The van der Waals surface area contributed by atoms with Crippen molar-refractivity contribution in [2.45, 2.75) is 19.8 Å². The van der Waals surface area contributed by atoms with E-state index in [4.69, 9.17) is 16.3 Å². The second-order valence-corrected chi connectivity index (χ2v) is 4.89. The van der Waals surface area contributed by atoms with Gasteiger partial charge in [-0.1, -0.05) is 18.5 Å². The van der Waals surface area contributed by atoms with Gasteiger partial charge in [0, 0.05) is 25.8 Å². The van der Waals surface area contributed by atoms with Crippen LogP contribution in [0, 0.1) is 5.41 Å². The molecule has 0 aliphatic carbocycles. The molecule has 0 atom stereocenters. The average molecular weight is 242 g/mol. The molecule has 88 valence electrons. The predicted molar refractivity (Wildman–Crippen MR) is 63.7 cm³/mol.